The highest BCUT2D eigenvalue weighted by molar-refractivity contribution is 6.92. The van der Waals surface area contributed by atoms with Crippen LogP contribution in [0.25, 0.3) is 44.2 Å². The highest BCUT2D eigenvalue weighted by atomic mass is 16.2. The molecular weight excluding hydrogens is 890 g/mol. The fourth-order valence-corrected chi connectivity index (χ4v) is 13.6. The molecule has 2 atom stereocenters. The Morgan fingerprint density at radius 2 is 1.33 bits per heavy atom. The first-order valence-electron chi connectivity index (χ1n) is 26.6. The van der Waals surface area contributed by atoms with E-state index in [-0.39, 0.29) is 47.7 Å². The molecule has 2 fully saturated rings. The van der Waals surface area contributed by atoms with Gasteiger partial charge in [0.25, 0.3) is 0 Å². The van der Waals surface area contributed by atoms with Gasteiger partial charge in [0.15, 0.2) is 0 Å². The highest BCUT2D eigenvalue weighted by Crippen LogP contribution is 2.67. The average molecular weight is 954 g/mol. The van der Waals surface area contributed by atoms with E-state index in [2.05, 4.69) is 200 Å². The van der Waals surface area contributed by atoms with Crippen LogP contribution in [0.15, 0.2) is 158 Å². The molecule has 0 radical (unpaired) electrons. The van der Waals surface area contributed by atoms with Crippen molar-refractivity contribution in [3.05, 3.63) is 191 Å². The molecule has 7 aromatic rings. The van der Waals surface area contributed by atoms with Crippen LogP contribution in [-0.2, 0) is 25.8 Å². The molecule has 6 heteroatoms. The Morgan fingerprint density at radius 1 is 0.671 bits per heavy atom. The van der Waals surface area contributed by atoms with Crippen molar-refractivity contribution in [2.45, 2.75) is 122 Å². The van der Waals surface area contributed by atoms with Gasteiger partial charge in [0.1, 0.15) is 0 Å². The third-order valence-corrected chi connectivity index (χ3v) is 17.8. The molecule has 1 saturated heterocycles. The fourth-order valence-electron chi connectivity index (χ4n) is 13.6. The van der Waals surface area contributed by atoms with Gasteiger partial charge in [0.05, 0.1) is 28.4 Å². The van der Waals surface area contributed by atoms with E-state index in [1.54, 1.807) is 6.08 Å². The van der Waals surface area contributed by atoms with Gasteiger partial charge < -0.3 is 9.71 Å². The molecule has 73 heavy (non-hydrogen) atoms. The van der Waals surface area contributed by atoms with Crippen molar-refractivity contribution in [3.63, 3.8) is 0 Å². The van der Waals surface area contributed by atoms with Crippen molar-refractivity contribution < 1.29 is 9.59 Å². The molecule has 0 bridgehead atoms. The SMILES string of the molecule is C=C/C=C(\C=C(\C)N1c2cc3c(cc2N2B(c4ccc(C(C)(C)C)cc4)c4c(ccc5ccccc45)-c4cc(-c5ccccc5C)cc1c42)-c1cc2c(cc1C1CC31)C(C)(C)CCC2(C)C)N1C(=O)CCC1=O. The number of rotatable bonds is 6. The van der Waals surface area contributed by atoms with Crippen LogP contribution in [0.3, 0.4) is 0 Å². The molecule has 362 valence electrons. The standard InChI is InChI=1S/C67H64BN3O2/c1-11-16-45(70-61(72)27-28-62(70)73)31-40(3)69-58-37-53-50-34-49(50)51-35-56-57(67(9,10)30-29-66(56,7)8)36-52(51)54(53)38-59(58)71-64-55(32-42(33-60(64)69)46-19-14-12-17-39(46)2)48-26-21-41-18-13-15-20-47(41)63(48)68(71)44-24-22-43(23-25-44)65(4,5)6/h11-26,31-33,35-38,49-50H,1,27-30,34H2,2-10H3/b40-31-,45-16+. The van der Waals surface area contributed by atoms with Crippen molar-refractivity contribution in [3.8, 4) is 33.4 Å². The van der Waals surface area contributed by atoms with E-state index in [9.17, 15) is 9.59 Å². The number of hydrogen-bond donors (Lipinski definition) is 0. The Bertz CT molecular complexity index is 3640. The Hall–Kier alpha value is -7.18. The van der Waals surface area contributed by atoms with Crippen LogP contribution in [0.2, 0.25) is 0 Å². The molecular formula is C67H64BN3O2. The van der Waals surface area contributed by atoms with Crippen molar-refractivity contribution in [2.75, 3.05) is 9.71 Å². The molecule has 2 amide bonds. The summed E-state index contributed by atoms with van der Waals surface area (Å²) < 4.78 is 0. The lowest BCUT2D eigenvalue weighted by atomic mass is 9.44. The zero-order valence-electron chi connectivity index (χ0n) is 43.9. The third-order valence-electron chi connectivity index (χ3n) is 17.8. The van der Waals surface area contributed by atoms with Gasteiger partial charge in [-0.15, -0.1) is 0 Å². The molecule has 0 spiro atoms. The first kappa shape index (κ1) is 45.7. The number of anilines is 4. The van der Waals surface area contributed by atoms with Gasteiger partial charge in [0.2, 0.25) is 11.8 Å². The van der Waals surface area contributed by atoms with Gasteiger partial charge >= 0.3 is 6.85 Å². The summed E-state index contributed by atoms with van der Waals surface area (Å²) in [7, 11) is 0. The van der Waals surface area contributed by atoms with Crippen LogP contribution in [0, 0.1) is 6.92 Å². The van der Waals surface area contributed by atoms with Crippen LogP contribution >= 0.6 is 0 Å². The second-order valence-corrected chi connectivity index (χ2v) is 24.3. The summed E-state index contributed by atoms with van der Waals surface area (Å²) in [6, 6.07) is 46.9. The minimum Gasteiger partial charge on any atom is -0.373 e. The van der Waals surface area contributed by atoms with Gasteiger partial charge in [0, 0.05) is 24.1 Å². The number of benzene rings is 7. The van der Waals surface area contributed by atoms with E-state index >= 15 is 0 Å². The monoisotopic (exact) mass is 954 g/mol. The molecule has 7 aromatic carbocycles. The third kappa shape index (κ3) is 6.88. The van der Waals surface area contributed by atoms with Crippen LogP contribution in [0.4, 0.5) is 22.7 Å². The summed E-state index contributed by atoms with van der Waals surface area (Å²) in [6.45, 7) is 24.9. The van der Waals surface area contributed by atoms with Crippen molar-refractivity contribution in [2.24, 2.45) is 0 Å². The molecule has 13 rings (SSSR count). The van der Waals surface area contributed by atoms with Crippen LogP contribution in [0.5, 0.6) is 0 Å². The Kier molecular flexibility index (Phi) is 9.95. The van der Waals surface area contributed by atoms with Gasteiger partial charge in [-0.3, -0.25) is 14.5 Å². The second kappa shape index (κ2) is 15.9. The van der Waals surface area contributed by atoms with Gasteiger partial charge in [-0.25, -0.2) is 0 Å². The normalized spacial score (nSPS) is 20.0. The number of fused-ring (bicyclic) bond motifs is 13. The zero-order chi connectivity index (χ0) is 50.6. The minimum atomic E-state index is -0.190. The van der Waals surface area contributed by atoms with E-state index in [4.69, 9.17) is 0 Å². The number of hydrogen-bond acceptors (Lipinski definition) is 4. The summed E-state index contributed by atoms with van der Waals surface area (Å²) in [4.78, 5) is 33.6. The quantitative estimate of drug-likeness (QED) is 0.0946. The first-order valence-corrected chi connectivity index (χ1v) is 26.6. The molecule has 1 saturated carbocycles. The smallest absolute Gasteiger partial charge is 0.329 e. The lowest BCUT2D eigenvalue weighted by molar-refractivity contribution is -0.135. The molecule has 3 aliphatic heterocycles. The maximum atomic E-state index is 13.5. The first-order chi connectivity index (χ1) is 34.9. The zero-order valence-corrected chi connectivity index (χ0v) is 43.9. The van der Waals surface area contributed by atoms with E-state index in [0.29, 0.717) is 17.5 Å². The largest absolute Gasteiger partial charge is 0.373 e. The van der Waals surface area contributed by atoms with E-state index in [0.717, 1.165) is 46.9 Å². The maximum Gasteiger partial charge on any atom is 0.329 e. The summed E-state index contributed by atoms with van der Waals surface area (Å²) in [5.41, 5.74) is 24.5. The number of allylic oxidation sites excluding steroid dienone is 4. The van der Waals surface area contributed by atoms with Crippen molar-refractivity contribution >= 4 is 63.1 Å². The van der Waals surface area contributed by atoms with Gasteiger partial charge in [-0.1, -0.05) is 164 Å². The Balaban J connectivity index is 1.16. The molecule has 0 aromatic heterocycles. The lowest BCUT2D eigenvalue weighted by Gasteiger charge is -2.48. The van der Waals surface area contributed by atoms with Gasteiger partial charge in [-0.05, 0) is 175 Å². The van der Waals surface area contributed by atoms with Gasteiger partial charge in [-0.2, -0.15) is 0 Å². The number of nitrogens with zero attached hydrogens (tertiary/aromatic N) is 3. The predicted octanol–water partition coefficient (Wildman–Crippen LogP) is 15.2. The van der Waals surface area contributed by atoms with E-state index in [1.807, 2.05) is 12.2 Å². The number of carbonyl (C=O) groups excluding carboxylic acids is 2. The van der Waals surface area contributed by atoms with E-state index < -0.39 is 0 Å². The van der Waals surface area contributed by atoms with Crippen molar-refractivity contribution in [1.29, 1.82) is 0 Å². The van der Waals surface area contributed by atoms with Crippen LogP contribution in [-0.4, -0.2) is 23.6 Å². The maximum absolute atomic E-state index is 13.5. The molecule has 3 heterocycles. The summed E-state index contributed by atoms with van der Waals surface area (Å²) >= 11 is 0. The lowest BCUT2D eigenvalue weighted by Crippen LogP contribution is -2.59. The average Bonchev–Trinajstić information content (AvgIpc) is 4.12. The summed E-state index contributed by atoms with van der Waals surface area (Å²) in [6.07, 6.45) is 9.41. The molecule has 2 unspecified atom stereocenters. The van der Waals surface area contributed by atoms with E-state index in [1.165, 1.54) is 94.2 Å². The summed E-state index contributed by atoms with van der Waals surface area (Å²) in [5.74, 6) is 0.520. The number of aryl methyl sites for hydroxylation is 1. The Morgan fingerprint density at radius 3 is 2.03 bits per heavy atom. The minimum absolute atomic E-state index is 0.0111. The molecule has 5 nitrogen and oxygen atoms in total. The predicted molar refractivity (Wildman–Crippen MR) is 304 cm³/mol. The topological polar surface area (TPSA) is 43.9 Å². The van der Waals surface area contributed by atoms with Crippen LogP contribution < -0.4 is 20.6 Å². The molecule has 0 N–H and O–H groups in total. The number of carbonyl (C=O) groups is 2. The molecule has 3 aliphatic carbocycles. The second-order valence-electron chi connectivity index (χ2n) is 24.3. The molecule has 6 aliphatic rings. The van der Waals surface area contributed by atoms with Crippen LogP contribution in [0.1, 0.15) is 133 Å². The number of imide groups is 1. The number of likely N-dealkylation sites (tertiary alicyclic amines) is 1. The Labute approximate surface area is 432 Å². The highest BCUT2D eigenvalue weighted by Gasteiger charge is 2.51. The number of amides is 2. The summed E-state index contributed by atoms with van der Waals surface area (Å²) in [5, 5.41) is 2.47. The van der Waals surface area contributed by atoms with Crippen molar-refractivity contribution in [1.82, 2.24) is 4.90 Å². The fraction of sp³-hybridized carbons (Fsp3) is 0.284.